The van der Waals surface area contributed by atoms with Crippen LogP contribution < -0.4 is 5.73 Å². The van der Waals surface area contributed by atoms with Crippen LogP contribution in [0.3, 0.4) is 0 Å². The van der Waals surface area contributed by atoms with Gasteiger partial charge in [0.1, 0.15) is 11.5 Å². The number of nitrogens with two attached hydrogens (primary N) is 1. The van der Waals surface area contributed by atoms with Crippen molar-refractivity contribution in [3.05, 3.63) is 11.8 Å². The smallest absolute Gasteiger partial charge is 0.271 e. The van der Waals surface area contributed by atoms with Crippen LogP contribution >= 0.6 is 0 Å². The van der Waals surface area contributed by atoms with Gasteiger partial charge in [-0.1, -0.05) is 0 Å². The van der Waals surface area contributed by atoms with E-state index in [1.165, 1.54) is 0 Å². The number of nitrogen functional groups attached to an aromatic ring is 1. The lowest BCUT2D eigenvalue weighted by molar-refractivity contribution is 0.0629. The van der Waals surface area contributed by atoms with Crippen LogP contribution in [-0.2, 0) is 0 Å². The Morgan fingerprint density at radius 3 is 3.00 bits per heavy atom. The van der Waals surface area contributed by atoms with Crippen LogP contribution in [0.15, 0.2) is 6.07 Å². The maximum absolute atomic E-state index is 12.2. The number of likely N-dealkylation sites (N-methyl/N-ethyl adjacent to an activating group) is 1. The molecule has 3 N–H and O–H groups in total. The molecule has 0 bridgehead atoms. The van der Waals surface area contributed by atoms with Crippen molar-refractivity contribution in [2.24, 2.45) is 0 Å². The number of aromatic nitrogens is 2. The molecule has 6 nitrogen and oxygen atoms in total. The fraction of sp³-hybridized carbons (Fsp3) is 0.636. The predicted molar refractivity (Wildman–Crippen MR) is 65.6 cm³/mol. The summed E-state index contributed by atoms with van der Waals surface area (Å²) in [5, 5.41) is 6.45. The molecule has 1 aromatic heterocycles. The molecule has 1 fully saturated rings. The summed E-state index contributed by atoms with van der Waals surface area (Å²) in [5.41, 5.74) is 5.97. The van der Waals surface area contributed by atoms with Crippen molar-refractivity contribution in [2.75, 3.05) is 32.9 Å². The number of H-pyrrole nitrogens is 1. The number of amides is 1. The Labute approximate surface area is 101 Å². The molecule has 0 spiro atoms. The zero-order valence-electron chi connectivity index (χ0n) is 10.3. The van der Waals surface area contributed by atoms with E-state index in [0.717, 1.165) is 25.9 Å². The normalized spacial score (nSPS) is 20.9. The number of aromatic amines is 1. The van der Waals surface area contributed by atoms with Gasteiger partial charge < -0.3 is 15.5 Å². The molecule has 17 heavy (non-hydrogen) atoms. The topological polar surface area (TPSA) is 78.2 Å². The molecular weight excluding hydrogens is 218 g/mol. The summed E-state index contributed by atoms with van der Waals surface area (Å²) in [7, 11) is 4.10. The van der Waals surface area contributed by atoms with Crippen molar-refractivity contribution < 1.29 is 4.79 Å². The van der Waals surface area contributed by atoms with E-state index in [9.17, 15) is 4.79 Å². The number of hydrogen-bond acceptors (Lipinski definition) is 4. The molecule has 1 aliphatic heterocycles. The van der Waals surface area contributed by atoms with Gasteiger partial charge in [0.2, 0.25) is 0 Å². The van der Waals surface area contributed by atoms with Crippen LogP contribution in [0.2, 0.25) is 0 Å². The Hall–Kier alpha value is -1.56. The van der Waals surface area contributed by atoms with E-state index in [4.69, 9.17) is 5.73 Å². The van der Waals surface area contributed by atoms with Crippen LogP contribution in [-0.4, -0.2) is 59.1 Å². The zero-order chi connectivity index (χ0) is 12.4. The van der Waals surface area contributed by atoms with Crippen molar-refractivity contribution in [3.8, 4) is 0 Å². The summed E-state index contributed by atoms with van der Waals surface area (Å²) >= 11 is 0. The second-order valence-corrected chi connectivity index (χ2v) is 4.72. The summed E-state index contributed by atoms with van der Waals surface area (Å²) in [4.78, 5) is 16.2. The molecule has 1 aliphatic rings. The summed E-state index contributed by atoms with van der Waals surface area (Å²) in [6, 6.07) is 2.02. The van der Waals surface area contributed by atoms with Gasteiger partial charge >= 0.3 is 0 Å². The molecule has 1 unspecified atom stereocenters. The first-order chi connectivity index (χ1) is 8.08. The Kier molecular flexibility index (Phi) is 3.33. The van der Waals surface area contributed by atoms with E-state index < -0.39 is 0 Å². The first-order valence-corrected chi connectivity index (χ1v) is 5.84. The molecule has 0 saturated carbocycles. The molecule has 1 saturated heterocycles. The number of nitrogens with zero attached hydrogens (tertiary/aromatic N) is 3. The monoisotopic (exact) mass is 237 g/mol. The van der Waals surface area contributed by atoms with Gasteiger partial charge in [-0.3, -0.25) is 9.89 Å². The SMILES string of the molecule is CN(C)C1CCCN(C(=O)c2cc(N)n[nH]2)C1. The highest BCUT2D eigenvalue weighted by atomic mass is 16.2. The minimum absolute atomic E-state index is 0.0132. The van der Waals surface area contributed by atoms with Gasteiger partial charge in [-0.15, -0.1) is 0 Å². The number of hydrogen-bond donors (Lipinski definition) is 2. The van der Waals surface area contributed by atoms with Crippen molar-refractivity contribution in [1.82, 2.24) is 20.0 Å². The average molecular weight is 237 g/mol. The maximum Gasteiger partial charge on any atom is 0.271 e. The van der Waals surface area contributed by atoms with Gasteiger partial charge in [0, 0.05) is 25.2 Å². The lowest BCUT2D eigenvalue weighted by atomic mass is 10.0. The van der Waals surface area contributed by atoms with E-state index in [2.05, 4.69) is 15.1 Å². The van der Waals surface area contributed by atoms with Crippen molar-refractivity contribution in [1.29, 1.82) is 0 Å². The third-order valence-electron chi connectivity index (χ3n) is 3.24. The van der Waals surface area contributed by atoms with Crippen molar-refractivity contribution in [3.63, 3.8) is 0 Å². The summed E-state index contributed by atoms with van der Waals surface area (Å²) < 4.78 is 0. The third kappa shape index (κ3) is 2.58. The second-order valence-electron chi connectivity index (χ2n) is 4.72. The number of carbonyl (C=O) groups is 1. The molecule has 2 heterocycles. The minimum atomic E-state index is -0.0132. The van der Waals surface area contributed by atoms with E-state index in [1.54, 1.807) is 6.07 Å². The predicted octanol–water partition coefficient (Wildman–Crippen LogP) is 0.158. The van der Waals surface area contributed by atoms with E-state index in [0.29, 0.717) is 17.6 Å². The number of likely N-dealkylation sites (tertiary alicyclic amines) is 1. The first-order valence-electron chi connectivity index (χ1n) is 5.84. The molecule has 0 aliphatic carbocycles. The zero-order valence-corrected chi connectivity index (χ0v) is 10.3. The van der Waals surface area contributed by atoms with Gasteiger partial charge in [-0.2, -0.15) is 5.10 Å². The number of rotatable bonds is 2. The third-order valence-corrected chi connectivity index (χ3v) is 3.24. The summed E-state index contributed by atoms with van der Waals surface area (Å²) in [6.07, 6.45) is 2.18. The lowest BCUT2D eigenvalue weighted by Crippen LogP contribution is -2.47. The van der Waals surface area contributed by atoms with Gasteiger partial charge in [0.15, 0.2) is 0 Å². The molecule has 94 valence electrons. The molecule has 0 aromatic carbocycles. The number of carbonyl (C=O) groups excluding carboxylic acids is 1. The molecule has 2 rings (SSSR count). The summed E-state index contributed by atoms with van der Waals surface area (Å²) in [6.45, 7) is 1.58. The molecule has 1 amide bonds. The number of piperidine rings is 1. The second kappa shape index (κ2) is 4.75. The average Bonchev–Trinajstić information content (AvgIpc) is 2.75. The van der Waals surface area contributed by atoms with Crippen LogP contribution in [0.25, 0.3) is 0 Å². The Bertz CT molecular complexity index is 400. The van der Waals surface area contributed by atoms with Gasteiger partial charge in [0.25, 0.3) is 5.91 Å². The van der Waals surface area contributed by atoms with Gasteiger partial charge in [-0.05, 0) is 26.9 Å². The molecule has 1 atom stereocenters. The number of anilines is 1. The molecule has 6 heteroatoms. The highest BCUT2D eigenvalue weighted by Crippen LogP contribution is 2.16. The van der Waals surface area contributed by atoms with E-state index >= 15 is 0 Å². The standard InChI is InChI=1S/C11H19N5O/c1-15(2)8-4-3-5-16(7-8)11(17)9-6-10(12)14-13-9/h6,8H,3-5,7H2,1-2H3,(H3,12,13,14). The molecular formula is C11H19N5O. The van der Waals surface area contributed by atoms with Crippen LogP contribution in [0.4, 0.5) is 5.82 Å². The Morgan fingerprint density at radius 1 is 1.65 bits per heavy atom. The van der Waals surface area contributed by atoms with E-state index in [1.807, 2.05) is 19.0 Å². The van der Waals surface area contributed by atoms with Crippen LogP contribution in [0.5, 0.6) is 0 Å². The van der Waals surface area contributed by atoms with Crippen LogP contribution in [0, 0.1) is 0 Å². The van der Waals surface area contributed by atoms with Crippen LogP contribution in [0.1, 0.15) is 23.3 Å². The fourth-order valence-electron chi connectivity index (χ4n) is 2.18. The summed E-state index contributed by atoms with van der Waals surface area (Å²) in [5.74, 6) is 0.343. The fourth-order valence-corrected chi connectivity index (χ4v) is 2.18. The Morgan fingerprint density at radius 2 is 2.41 bits per heavy atom. The lowest BCUT2D eigenvalue weighted by Gasteiger charge is -2.35. The number of nitrogens with one attached hydrogen (secondary N) is 1. The molecule has 0 radical (unpaired) electrons. The quantitative estimate of drug-likeness (QED) is 0.768. The van der Waals surface area contributed by atoms with E-state index in [-0.39, 0.29) is 5.91 Å². The van der Waals surface area contributed by atoms with Crippen molar-refractivity contribution >= 4 is 11.7 Å². The van der Waals surface area contributed by atoms with Gasteiger partial charge in [0.05, 0.1) is 0 Å². The molecule has 1 aromatic rings. The van der Waals surface area contributed by atoms with Gasteiger partial charge in [-0.25, -0.2) is 0 Å². The first kappa shape index (κ1) is 11.9. The highest BCUT2D eigenvalue weighted by molar-refractivity contribution is 5.93. The maximum atomic E-state index is 12.2. The largest absolute Gasteiger partial charge is 0.382 e. The van der Waals surface area contributed by atoms with Crippen molar-refractivity contribution in [2.45, 2.75) is 18.9 Å². The highest BCUT2D eigenvalue weighted by Gasteiger charge is 2.26. The Balaban J connectivity index is 2.04. The minimum Gasteiger partial charge on any atom is -0.382 e.